The van der Waals surface area contributed by atoms with Gasteiger partial charge >= 0.3 is 0 Å². The second-order valence-electron chi connectivity index (χ2n) is 26.0. The van der Waals surface area contributed by atoms with Crippen molar-refractivity contribution in [1.82, 2.24) is 0 Å². The molecule has 0 aliphatic carbocycles. The van der Waals surface area contributed by atoms with E-state index in [1.807, 2.05) is 0 Å². The van der Waals surface area contributed by atoms with E-state index in [4.69, 9.17) is 10.5 Å². The molecule has 0 saturated heterocycles. The largest absolute Gasteiger partial charge is 0.457 e. The van der Waals surface area contributed by atoms with Gasteiger partial charge in [-0.2, -0.15) is 0 Å². The van der Waals surface area contributed by atoms with Crippen LogP contribution in [0.1, 0.15) is 88.9 Å². The van der Waals surface area contributed by atoms with Crippen LogP contribution in [0.4, 0.5) is 51.2 Å². The average Bonchev–Trinajstić information content (AvgIpc) is 1.65. The quantitative estimate of drug-likeness (QED) is 0.185. The number of nitrogens with zero attached hydrogens (tertiary/aromatic N) is 4. The van der Waals surface area contributed by atoms with Crippen molar-refractivity contribution < 1.29 is 4.74 Å². The van der Waals surface area contributed by atoms with Crippen molar-refractivity contribution in [3.63, 3.8) is 0 Å². The highest BCUT2D eigenvalue weighted by atomic mass is 16.5. The fourth-order valence-corrected chi connectivity index (χ4v) is 16.2. The predicted molar refractivity (Wildman–Crippen MR) is 368 cm³/mol. The Kier molecular flexibility index (Phi) is 11.4. The number of para-hydroxylation sites is 6. The first-order chi connectivity index (χ1) is 43.4. The average molecular weight is 1150 g/mol. The molecule has 6 nitrogen and oxygen atoms in total. The Bertz CT molecular complexity index is 4760. The van der Waals surface area contributed by atoms with Crippen LogP contribution in [0.2, 0.25) is 0 Å². The van der Waals surface area contributed by atoms with Crippen LogP contribution in [-0.4, -0.2) is 6.17 Å². The zero-order valence-electron chi connectivity index (χ0n) is 51.2. The lowest BCUT2D eigenvalue weighted by molar-refractivity contribution is 0.409. The van der Waals surface area contributed by atoms with Gasteiger partial charge in [0.2, 0.25) is 0 Å². The minimum absolute atomic E-state index is 0.0320. The van der Waals surface area contributed by atoms with Gasteiger partial charge in [0.05, 0.1) is 56.3 Å². The fraction of sp³-hybridized carbons (Fsp3) is 0.133. The van der Waals surface area contributed by atoms with Crippen molar-refractivity contribution in [2.24, 2.45) is 5.73 Å². The monoisotopic (exact) mass is 1150 g/mol. The summed E-state index contributed by atoms with van der Waals surface area (Å²) in [5, 5.41) is 0. The number of ether oxygens (including phenoxy) is 1. The first kappa shape index (κ1) is 52.7. The molecular formula is C83H67N5O. The topological polar surface area (TPSA) is 48.2 Å². The number of anilines is 9. The molecule has 0 radical (unpaired) electrons. The molecule has 0 bridgehead atoms. The molecule has 6 heterocycles. The summed E-state index contributed by atoms with van der Waals surface area (Å²) in [6.45, 7) is 15.8. The lowest BCUT2D eigenvalue weighted by Crippen LogP contribution is -2.52. The van der Waals surface area contributed by atoms with Gasteiger partial charge in [-0.15, -0.1) is 0 Å². The lowest BCUT2D eigenvalue weighted by atomic mass is 9.58. The molecule has 2 N–H and O–H groups in total. The van der Waals surface area contributed by atoms with Crippen molar-refractivity contribution in [3.8, 4) is 33.8 Å². The Balaban J connectivity index is 1.04. The molecule has 89 heavy (non-hydrogen) atoms. The summed E-state index contributed by atoms with van der Waals surface area (Å²) in [5.74, 6) is 2.22. The van der Waals surface area contributed by atoms with Gasteiger partial charge < -0.3 is 25.2 Å². The van der Waals surface area contributed by atoms with E-state index in [2.05, 4.69) is 329 Å². The third-order valence-corrected chi connectivity index (χ3v) is 20.3. The maximum atomic E-state index is 8.14. The number of hydrogen-bond acceptors (Lipinski definition) is 6. The molecule has 6 aliphatic heterocycles. The van der Waals surface area contributed by atoms with Gasteiger partial charge in [0.1, 0.15) is 23.5 Å². The van der Waals surface area contributed by atoms with Crippen molar-refractivity contribution in [1.29, 1.82) is 0 Å². The summed E-state index contributed by atoms with van der Waals surface area (Å²) >= 11 is 0. The van der Waals surface area contributed by atoms with Gasteiger partial charge in [-0.1, -0.05) is 215 Å². The molecule has 2 atom stereocenters. The Morgan fingerprint density at radius 1 is 0.438 bits per heavy atom. The highest BCUT2D eigenvalue weighted by Crippen LogP contribution is 2.72. The molecule has 0 aromatic heterocycles. The summed E-state index contributed by atoms with van der Waals surface area (Å²) in [6.07, 6.45) is 6.78. The summed E-state index contributed by atoms with van der Waals surface area (Å²) in [7, 11) is 0. The third kappa shape index (κ3) is 7.26. The van der Waals surface area contributed by atoms with Crippen molar-refractivity contribution in [3.05, 3.63) is 333 Å². The highest BCUT2D eigenvalue weighted by molar-refractivity contribution is 6.05. The number of benzene rings is 11. The van der Waals surface area contributed by atoms with E-state index < -0.39 is 17.0 Å². The summed E-state index contributed by atoms with van der Waals surface area (Å²) in [4.78, 5) is 10.2. The predicted octanol–water partition coefficient (Wildman–Crippen LogP) is 20.7. The first-order valence-corrected chi connectivity index (χ1v) is 31.2. The standard InChI is InChI=1S/C83H67N5O/c1-51-48-59(49-52(2)54(51)4)85-67-33-17-14-30-63(67)83(64-31-15-18-34-68(64)85)65-32-16-19-35-69(65)87-75(84)50-53(3)60(57-40-42-58(43-41-57)81(5,6)7)46-47-82-76-72(38-23-39-73(76)89-74-45-44-66(83)79(87)77(74)82)86-70-36-20-21-37-71(70)88(80(82)86)78-61(55-24-10-8-11-25-55)28-22-29-62(78)56-26-12-9-13-27-56/h8-50,80H,84H2,1-7H3. The second-order valence-corrected chi connectivity index (χ2v) is 26.0. The molecule has 6 heteroatoms. The molecule has 11 aromatic carbocycles. The maximum absolute atomic E-state index is 8.14. The van der Waals surface area contributed by atoms with Crippen LogP contribution in [-0.2, 0) is 16.2 Å². The van der Waals surface area contributed by atoms with Gasteiger partial charge in [-0.05, 0) is 172 Å². The second kappa shape index (κ2) is 19.2. The molecule has 11 aromatic rings. The number of rotatable bonds is 5. The van der Waals surface area contributed by atoms with E-state index in [1.165, 1.54) is 33.4 Å². The number of aryl methyl sites for hydroxylation is 2. The van der Waals surface area contributed by atoms with E-state index >= 15 is 0 Å². The molecular weight excluding hydrogens is 1080 g/mol. The van der Waals surface area contributed by atoms with Crippen LogP contribution in [0.25, 0.3) is 27.8 Å². The Morgan fingerprint density at radius 2 is 0.944 bits per heavy atom. The Morgan fingerprint density at radius 3 is 1.53 bits per heavy atom. The number of nitrogens with two attached hydrogens (primary N) is 1. The maximum Gasteiger partial charge on any atom is 0.134 e. The number of fused-ring (bicyclic) bond motifs is 12. The van der Waals surface area contributed by atoms with Crippen LogP contribution >= 0.6 is 0 Å². The summed E-state index contributed by atoms with van der Waals surface area (Å²) < 4.78 is 7.67. The van der Waals surface area contributed by atoms with Crippen LogP contribution in [0.3, 0.4) is 0 Å². The van der Waals surface area contributed by atoms with Crippen LogP contribution in [0, 0.1) is 20.8 Å². The first-order valence-electron chi connectivity index (χ1n) is 31.2. The van der Waals surface area contributed by atoms with Gasteiger partial charge in [0, 0.05) is 27.9 Å². The minimum atomic E-state index is -1.02. The fourth-order valence-electron chi connectivity index (χ4n) is 16.2. The van der Waals surface area contributed by atoms with Crippen molar-refractivity contribution >= 4 is 56.8 Å². The van der Waals surface area contributed by atoms with Crippen molar-refractivity contribution in [2.45, 2.75) is 70.9 Å². The number of hydrogen-bond donors (Lipinski definition) is 1. The zero-order valence-corrected chi connectivity index (χ0v) is 51.2. The van der Waals surface area contributed by atoms with E-state index in [0.29, 0.717) is 5.82 Å². The molecule has 2 unspecified atom stereocenters. The molecule has 2 spiro atoms. The lowest BCUT2D eigenvalue weighted by Gasteiger charge is -2.53. The normalized spacial score (nSPS) is 17.7. The Labute approximate surface area is 522 Å². The SMILES string of the molecule is CC1=C(c2ccc(C(C)(C)C)cc2)C=CC23c4c(cccc4N4c5ccccc5N(c5c(-c6ccccc6)cccc5-c5ccccc5)C42)Oc2ccc4c(c23)N(C(N)=C1)c1ccccc1C41c2ccccc2N(c2cc(C)c(C)c(C)c2)c2ccccc21. The molecule has 17 rings (SSSR count). The summed E-state index contributed by atoms with van der Waals surface area (Å²) in [5.41, 5.74) is 35.7. The third-order valence-electron chi connectivity index (χ3n) is 20.3. The van der Waals surface area contributed by atoms with Gasteiger partial charge in [0.25, 0.3) is 0 Å². The van der Waals surface area contributed by atoms with Crippen LogP contribution in [0.15, 0.2) is 272 Å². The van der Waals surface area contributed by atoms with E-state index in [9.17, 15) is 0 Å². The smallest absolute Gasteiger partial charge is 0.134 e. The van der Waals surface area contributed by atoms with Crippen LogP contribution < -0.4 is 30.1 Å². The molecule has 6 aliphatic rings. The van der Waals surface area contributed by atoms with Gasteiger partial charge in [-0.25, -0.2) is 0 Å². The van der Waals surface area contributed by atoms with E-state index in [1.54, 1.807) is 0 Å². The molecule has 430 valence electrons. The van der Waals surface area contributed by atoms with Crippen molar-refractivity contribution in [2.75, 3.05) is 19.6 Å². The minimum Gasteiger partial charge on any atom is -0.457 e. The molecule has 0 fully saturated rings. The number of allylic oxidation sites excluding steroid dienone is 4. The van der Waals surface area contributed by atoms with Gasteiger partial charge in [0.15, 0.2) is 0 Å². The summed E-state index contributed by atoms with van der Waals surface area (Å²) in [6, 6.07) is 90.5. The van der Waals surface area contributed by atoms with Crippen LogP contribution in [0.5, 0.6) is 11.5 Å². The molecule has 0 saturated carbocycles. The van der Waals surface area contributed by atoms with E-state index in [0.717, 1.165) is 124 Å². The Hall–Kier alpha value is -10.6. The van der Waals surface area contributed by atoms with E-state index in [-0.39, 0.29) is 5.41 Å². The zero-order chi connectivity index (χ0) is 60.2. The highest BCUT2D eigenvalue weighted by Gasteiger charge is 2.65. The molecule has 0 amide bonds. The van der Waals surface area contributed by atoms with Gasteiger partial charge in [-0.3, -0.25) is 4.90 Å².